The van der Waals surface area contributed by atoms with Crippen molar-refractivity contribution in [3.8, 4) is 0 Å². The van der Waals surface area contributed by atoms with Crippen LogP contribution in [0.2, 0.25) is 0 Å². The molecule has 0 spiro atoms. The molecule has 1 N–H and O–H groups in total. The lowest BCUT2D eigenvalue weighted by atomic mass is 9.78. The molecule has 0 radical (unpaired) electrons. The van der Waals surface area contributed by atoms with Crippen LogP contribution in [0.25, 0.3) is 0 Å². The molecular weight excluding hydrogens is 188 g/mol. The summed E-state index contributed by atoms with van der Waals surface area (Å²) in [6.07, 6.45) is 1.63. The summed E-state index contributed by atoms with van der Waals surface area (Å²) in [7, 11) is 0. The standard InChI is InChI=1S/C8H10N2O4/c11-7-4-2-1-3-5(10(13)14)6(4)8(12)9-7/h4-6H,1-3H2,(H,9,11,12). The zero-order valence-electron chi connectivity index (χ0n) is 7.43. The van der Waals surface area contributed by atoms with Crippen molar-refractivity contribution in [3.05, 3.63) is 10.1 Å². The third kappa shape index (κ3) is 1.18. The average molecular weight is 198 g/mol. The lowest BCUT2D eigenvalue weighted by Crippen LogP contribution is -2.40. The van der Waals surface area contributed by atoms with Gasteiger partial charge in [0.15, 0.2) is 0 Å². The van der Waals surface area contributed by atoms with E-state index in [0.717, 1.165) is 0 Å². The number of carbonyl (C=O) groups excluding carboxylic acids is 2. The molecule has 2 amide bonds. The number of amides is 2. The highest BCUT2D eigenvalue weighted by Gasteiger charge is 2.52. The monoisotopic (exact) mass is 198 g/mol. The molecule has 76 valence electrons. The van der Waals surface area contributed by atoms with E-state index in [9.17, 15) is 19.7 Å². The maximum atomic E-state index is 11.3. The number of hydrogen-bond acceptors (Lipinski definition) is 4. The molecule has 14 heavy (non-hydrogen) atoms. The van der Waals surface area contributed by atoms with Crippen molar-refractivity contribution in [2.45, 2.75) is 25.3 Å². The van der Waals surface area contributed by atoms with Gasteiger partial charge in [-0.05, 0) is 12.8 Å². The van der Waals surface area contributed by atoms with E-state index in [2.05, 4.69) is 5.32 Å². The molecule has 1 aliphatic carbocycles. The molecular formula is C8H10N2O4. The van der Waals surface area contributed by atoms with Crippen molar-refractivity contribution >= 4 is 11.8 Å². The predicted octanol–water partition coefficient (Wildman–Crippen LogP) is -0.296. The molecule has 1 saturated carbocycles. The van der Waals surface area contributed by atoms with Crippen molar-refractivity contribution in [1.82, 2.24) is 5.32 Å². The molecule has 0 aromatic heterocycles. The zero-order chi connectivity index (χ0) is 10.3. The highest BCUT2D eigenvalue weighted by atomic mass is 16.6. The van der Waals surface area contributed by atoms with Gasteiger partial charge in [0, 0.05) is 11.3 Å². The molecule has 0 aromatic carbocycles. The molecule has 0 bridgehead atoms. The second kappa shape index (κ2) is 3.04. The Hall–Kier alpha value is -1.46. The van der Waals surface area contributed by atoms with Gasteiger partial charge in [-0.25, -0.2) is 0 Å². The minimum Gasteiger partial charge on any atom is -0.296 e. The van der Waals surface area contributed by atoms with E-state index in [1.165, 1.54) is 0 Å². The number of nitrogens with one attached hydrogen (secondary N) is 1. The topological polar surface area (TPSA) is 89.3 Å². The van der Waals surface area contributed by atoms with Crippen LogP contribution in [0.15, 0.2) is 0 Å². The Kier molecular flexibility index (Phi) is 1.98. The van der Waals surface area contributed by atoms with E-state index in [-0.39, 0.29) is 5.91 Å². The fraction of sp³-hybridized carbons (Fsp3) is 0.750. The quantitative estimate of drug-likeness (QED) is 0.356. The Morgan fingerprint density at radius 1 is 1.29 bits per heavy atom. The van der Waals surface area contributed by atoms with Gasteiger partial charge in [-0.3, -0.25) is 25.0 Å². The molecule has 1 heterocycles. The summed E-state index contributed by atoms with van der Waals surface area (Å²) in [5.74, 6) is -2.01. The second-order valence-electron chi connectivity index (χ2n) is 3.77. The Morgan fingerprint density at radius 3 is 2.64 bits per heavy atom. The van der Waals surface area contributed by atoms with Crippen LogP contribution < -0.4 is 5.32 Å². The third-order valence-corrected chi connectivity index (χ3v) is 3.02. The zero-order valence-corrected chi connectivity index (χ0v) is 7.43. The average Bonchev–Trinajstić information content (AvgIpc) is 2.43. The summed E-state index contributed by atoms with van der Waals surface area (Å²) < 4.78 is 0. The number of imide groups is 1. The summed E-state index contributed by atoms with van der Waals surface area (Å²) in [4.78, 5) is 32.8. The van der Waals surface area contributed by atoms with Gasteiger partial charge in [0.05, 0.1) is 5.92 Å². The highest BCUT2D eigenvalue weighted by molar-refractivity contribution is 6.05. The molecule has 2 fully saturated rings. The van der Waals surface area contributed by atoms with E-state index >= 15 is 0 Å². The van der Waals surface area contributed by atoms with E-state index in [1.807, 2.05) is 0 Å². The molecule has 1 aliphatic heterocycles. The van der Waals surface area contributed by atoms with Crippen LogP contribution in [0.5, 0.6) is 0 Å². The van der Waals surface area contributed by atoms with Crippen molar-refractivity contribution in [2.24, 2.45) is 11.8 Å². The van der Waals surface area contributed by atoms with Gasteiger partial charge >= 0.3 is 0 Å². The first kappa shape index (κ1) is 9.11. The van der Waals surface area contributed by atoms with E-state index in [4.69, 9.17) is 0 Å². The number of carbonyl (C=O) groups is 2. The van der Waals surface area contributed by atoms with Crippen LogP contribution in [0.4, 0.5) is 0 Å². The molecule has 2 aliphatic rings. The number of nitrogens with zero attached hydrogens (tertiary/aromatic N) is 1. The Labute approximate surface area is 79.8 Å². The van der Waals surface area contributed by atoms with Crippen LogP contribution >= 0.6 is 0 Å². The maximum absolute atomic E-state index is 11.3. The summed E-state index contributed by atoms with van der Waals surface area (Å²) in [6, 6.07) is -0.875. The van der Waals surface area contributed by atoms with Gasteiger partial charge in [0.1, 0.15) is 5.92 Å². The minimum absolute atomic E-state index is 0.341. The number of fused-ring (bicyclic) bond motifs is 1. The van der Waals surface area contributed by atoms with Crippen LogP contribution in [0.1, 0.15) is 19.3 Å². The molecule has 1 saturated heterocycles. The second-order valence-corrected chi connectivity index (χ2v) is 3.77. The third-order valence-electron chi connectivity index (χ3n) is 3.02. The van der Waals surface area contributed by atoms with Crippen LogP contribution in [-0.2, 0) is 9.59 Å². The fourth-order valence-electron chi connectivity index (χ4n) is 2.36. The predicted molar refractivity (Wildman–Crippen MR) is 44.8 cm³/mol. The summed E-state index contributed by atoms with van der Waals surface area (Å²) in [6.45, 7) is 0. The summed E-state index contributed by atoms with van der Waals surface area (Å²) >= 11 is 0. The Bertz CT molecular complexity index is 314. The minimum atomic E-state index is -0.875. The smallest absolute Gasteiger partial charge is 0.237 e. The number of nitro groups is 1. The molecule has 2 rings (SSSR count). The first-order valence-corrected chi connectivity index (χ1v) is 4.59. The molecule has 3 unspecified atom stereocenters. The maximum Gasteiger partial charge on any atom is 0.237 e. The SMILES string of the molecule is O=C1NC(=O)C2C1CCCC2[N+](=O)[O-]. The van der Waals surface area contributed by atoms with Crippen LogP contribution in [0, 0.1) is 22.0 Å². The van der Waals surface area contributed by atoms with E-state index in [1.54, 1.807) is 0 Å². The largest absolute Gasteiger partial charge is 0.296 e. The van der Waals surface area contributed by atoms with Crippen molar-refractivity contribution in [2.75, 3.05) is 0 Å². The number of rotatable bonds is 1. The molecule has 6 heteroatoms. The Balaban J connectivity index is 2.27. The van der Waals surface area contributed by atoms with E-state index < -0.39 is 28.7 Å². The first-order valence-electron chi connectivity index (χ1n) is 4.59. The Morgan fingerprint density at radius 2 is 2.00 bits per heavy atom. The van der Waals surface area contributed by atoms with Gasteiger partial charge in [-0.1, -0.05) is 0 Å². The normalized spacial score (nSPS) is 36.4. The van der Waals surface area contributed by atoms with Gasteiger partial charge in [-0.15, -0.1) is 0 Å². The summed E-state index contributed by atoms with van der Waals surface area (Å²) in [5, 5.41) is 12.8. The number of hydrogen-bond donors (Lipinski definition) is 1. The van der Waals surface area contributed by atoms with Gasteiger partial charge in [0.2, 0.25) is 17.9 Å². The highest BCUT2D eigenvalue weighted by Crippen LogP contribution is 2.35. The van der Waals surface area contributed by atoms with Crippen LogP contribution in [0.3, 0.4) is 0 Å². The van der Waals surface area contributed by atoms with Gasteiger partial charge in [-0.2, -0.15) is 0 Å². The van der Waals surface area contributed by atoms with Crippen molar-refractivity contribution < 1.29 is 14.5 Å². The first-order chi connectivity index (χ1) is 6.61. The van der Waals surface area contributed by atoms with Gasteiger partial charge in [0.25, 0.3) is 0 Å². The van der Waals surface area contributed by atoms with Crippen molar-refractivity contribution in [3.63, 3.8) is 0 Å². The summed E-state index contributed by atoms with van der Waals surface area (Å²) in [5.41, 5.74) is 0. The fourth-order valence-corrected chi connectivity index (χ4v) is 2.36. The molecule has 3 atom stereocenters. The lowest BCUT2D eigenvalue weighted by Gasteiger charge is -2.23. The molecule has 0 aromatic rings. The van der Waals surface area contributed by atoms with Crippen LogP contribution in [-0.4, -0.2) is 22.8 Å². The molecule has 6 nitrogen and oxygen atoms in total. The van der Waals surface area contributed by atoms with E-state index in [0.29, 0.717) is 19.3 Å². The van der Waals surface area contributed by atoms with Crippen molar-refractivity contribution in [1.29, 1.82) is 0 Å². The lowest BCUT2D eigenvalue weighted by molar-refractivity contribution is -0.533. The van der Waals surface area contributed by atoms with Gasteiger partial charge < -0.3 is 0 Å².